The molecule has 0 N–H and O–H groups in total. The minimum Gasteiger partial charge on any atom is -0.311 e. The van der Waals surface area contributed by atoms with Crippen LogP contribution in [-0.2, 0) is 0 Å². The monoisotopic (exact) mass is 625 g/mol. The van der Waals surface area contributed by atoms with Crippen molar-refractivity contribution in [2.75, 3.05) is 4.90 Å². The van der Waals surface area contributed by atoms with Crippen molar-refractivity contribution in [2.45, 2.75) is 0 Å². The van der Waals surface area contributed by atoms with Gasteiger partial charge in [0.25, 0.3) is 0 Å². The number of fused-ring (bicyclic) bond motifs is 9. The normalized spacial score (nSPS) is 11.7. The molecule has 10 rings (SSSR count). The largest absolute Gasteiger partial charge is 0.311 e. The van der Waals surface area contributed by atoms with Gasteiger partial charge in [-0.15, -0.1) is 0 Å². The molecule has 0 aliphatic rings. The number of hydrogen-bond donors (Lipinski definition) is 0. The van der Waals surface area contributed by atoms with E-state index in [1.54, 1.807) is 0 Å². The van der Waals surface area contributed by atoms with Crippen molar-refractivity contribution in [3.05, 3.63) is 188 Å². The van der Waals surface area contributed by atoms with Gasteiger partial charge >= 0.3 is 0 Å². The summed E-state index contributed by atoms with van der Waals surface area (Å²) in [5.41, 5.74) is 10.5. The van der Waals surface area contributed by atoms with Crippen LogP contribution in [0.3, 0.4) is 0 Å². The summed E-state index contributed by atoms with van der Waals surface area (Å²) in [5.74, 6) is 0. The topological polar surface area (TPSA) is 13.1 Å². The smallest absolute Gasteiger partial charge is 0.0640 e. The minimum atomic E-state index is 1.11. The van der Waals surface area contributed by atoms with E-state index in [0.717, 1.165) is 28.4 Å². The van der Waals surface area contributed by atoms with Crippen molar-refractivity contribution >= 4 is 71.4 Å². The Balaban J connectivity index is 1.29. The van der Waals surface area contributed by atoms with Gasteiger partial charge in [0.2, 0.25) is 0 Å². The van der Waals surface area contributed by atoms with E-state index in [1.165, 1.54) is 54.4 Å². The number of benzene rings is 8. The lowest BCUT2D eigenvalue weighted by Crippen LogP contribution is -2.09. The number of rotatable bonds is 5. The molecule has 0 aliphatic heterocycles. The van der Waals surface area contributed by atoms with Crippen molar-refractivity contribution in [1.29, 1.82) is 0 Å². The zero-order valence-corrected chi connectivity index (χ0v) is 26.7. The van der Waals surface area contributed by atoms with Gasteiger partial charge in [-0.05, 0) is 78.2 Å². The van der Waals surface area contributed by atoms with E-state index in [1.807, 2.05) is 0 Å². The lowest BCUT2D eigenvalue weighted by atomic mass is 10.0. The number of para-hydroxylation sites is 5. The van der Waals surface area contributed by atoms with E-state index < -0.39 is 0 Å². The van der Waals surface area contributed by atoms with Crippen LogP contribution in [0.4, 0.5) is 17.1 Å². The SMILES string of the molecule is c1ccc(N(c2ccccc2)c2ccc(-n3c4ccccc4c4ccc5ccc6c7ccccc7n(-c7ccccc7)c6c5c43)cc2)cc1. The molecule has 0 amide bonds. The first-order chi connectivity index (χ1) is 24.3. The molecule has 2 aromatic heterocycles. The van der Waals surface area contributed by atoms with Crippen LogP contribution in [0.1, 0.15) is 0 Å². The van der Waals surface area contributed by atoms with Crippen LogP contribution in [0.5, 0.6) is 0 Å². The van der Waals surface area contributed by atoms with E-state index in [4.69, 9.17) is 0 Å². The third-order valence-electron chi connectivity index (χ3n) is 9.86. The maximum absolute atomic E-state index is 2.47. The Labute approximate surface area is 284 Å². The molecule has 2 heterocycles. The molecule has 0 atom stereocenters. The first-order valence-electron chi connectivity index (χ1n) is 16.8. The summed E-state index contributed by atoms with van der Waals surface area (Å²) < 4.78 is 4.92. The number of nitrogens with zero attached hydrogens (tertiary/aromatic N) is 3. The summed E-state index contributed by atoms with van der Waals surface area (Å²) in [6.07, 6.45) is 0. The quantitative estimate of drug-likeness (QED) is 0.185. The Morgan fingerprint density at radius 2 is 0.714 bits per heavy atom. The first-order valence-corrected chi connectivity index (χ1v) is 16.8. The van der Waals surface area contributed by atoms with E-state index in [-0.39, 0.29) is 0 Å². The second kappa shape index (κ2) is 11.0. The number of hydrogen-bond acceptors (Lipinski definition) is 1. The van der Waals surface area contributed by atoms with Crippen LogP contribution in [-0.4, -0.2) is 9.13 Å². The molecular formula is C46H31N3. The summed E-state index contributed by atoms with van der Waals surface area (Å²) in [6, 6.07) is 67.8. The van der Waals surface area contributed by atoms with E-state index in [9.17, 15) is 0 Å². The highest BCUT2D eigenvalue weighted by Gasteiger charge is 2.21. The molecule has 0 bridgehead atoms. The van der Waals surface area contributed by atoms with Crippen LogP contribution < -0.4 is 4.90 Å². The fourth-order valence-corrected chi connectivity index (χ4v) is 7.78. The van der Waals surface area contributed by atoms with Gasteiger partial charge in [-0.3, -0.25) is 0 Å². The summed E-state index contributed by atoms with van der Waals surface area (Å²) >= 11 is 0. The number of anilines is 3. The summed E-state index contributed by atoms with van der Waals surface area (Å²) in [6.45, 7) is 0. The van der Waals surface area contributed by atoms with Gasteiger partial charge in [-0.1, -0.05) is 115 Å². The van der Waals surface area contributed by atoms with Gasteiger partial charge in [0, 0.05) is 55.4 Å². The molecule has 0 saturated heterocycles. The lowest BCUT2D eigenvalue weighted by Gasteiger charge is -2.25. The van der Waals surface area contributed by atoms with Crippen LogP contribution in [0.25, 0.3) is 65.8 Å². The molecule has 0 radical (unpaired) electrons. The second-order valence-corrected chi connectivity index (χ2v) is 12.6. The zero-order chi connectivity index (χ0) is 32.3. The lowest BCUT2D eigenvalue weighted by molar-refractivity contribution is 1.17. The first kappa shape index (κ1) is 27.5. The molecule has 3 nitrogen and oxygen atoms in total. The molecular weight excluding hydrogens is 595 g/mol. The standard InChI is InChI=1S/C46H31N3/c1-4-14-33(15-5-1)47(34-16-6-2-7-17-34)36-26-28-37(29-27-36)49-43-23-13-11-21-39(43)41-31-25-32-24-30-40-38-20-10-12-22-42(38)48(35-18-8-3-9-19-35)45(40)44(32)46(41)49/h1-31H. The van der Waals surface area contributed by atoms with Gasteiger partial charge in [0.15, 0.2) is 0 Å². The molecule has 230 valence electrons. The Bertz CT molecular complexity index is 2750. The fraction of sp³-hybridized carbons (Fsp3) is 0. The van der Waals surface area contributed by atoms with Crippen molar-refractivity contribution < 1.29 is 0 Å². The molecule has 0 aliphatic carbocycles. The van der Waals surface area contributed by atoms with Crippen molar-refractivity contribution in [3.63, 3.8) is 0 Å². The van der Waals surface area contributed by atoms with Crippen molar-refractivity contribution in [3.8, 4) is 11.4 Å². The fourth-order valence-electron chi connectivity index (χ4n) is 7.78. The highest BCUT2D eigenvalue weighted by Crippen LogP contribution is 2.43. The van der Waals surface area contributed by atoms with E-state index >= 15 is 0 Å². The van der Waals surface area contributed by atoms with Gasteiger partial charge in [0.05, 0.1) is 22.1 Å². The van der Waals surface area contributed by atoms with Crippen molar-refractivity contribution in [1.82, 2.24) is 9.13 Å². The Kier molecular flexibility index (Phi) is 6.18. The van der Waals surface area contributed by atoms with E-state index in [2.05, 4.69) is 202 Å². The van der Waals surface area contributed by atoms with Gasteiger partial charge in [0.1, 0.15) is 0 Å². The predicted octanol–water partition coefficient (Wildman–Crippen LogP) is 12.5. The molecule has 3 heteroatoms. The van der Waals surface area contributed by atoms with Crippen LogP contribution in [0.2, 0.25) is 0 Å². The average Bonchev–Trinajstić information content (AvgIpc) is 3.70. The highest BCUT2D eigenvalue weighted by atomic mass is 15.1. The van der Waals surface area contributed by atoms with Crippen LogP contribution >= 0.6 is 0 Å². The third-order valence-corrected chi connectivity index (χ3v) is 9.86. The van der Waals surface area contributed by atoms with E-state index in [0.29, 0.717) is 0 Å². The third kappa shape index (κ3) is 4.23. The molecule has 0 unspecified atom stereocenters. The molecule has 0 saturated carbocycles. The van der Waals surface area contributed by atoms with Gasteiger partial charge < -0.3 is 14.0 Å². The summed E-state index contributed by atoms with van der Waals surface area (Å²) in [4.78, 5) is 2.31. The maximum Gasteiger partial charge on any atom is 0.0640 e. The Morgan fingerprint density at radius 3 is 1.22 bits per heavy atom. The average molecular weight is 626 g/mol. The molecule has 8 aromatic carbocycles. The maximum atomic E-state index is 2.47. The van der Waals surface area contributed by atoms with Gasteiger partial charge in [-0.2, -0.15) is 0 Å². The molecule has 10 aromatic rings. The molecule has 0 fully saturated rings. The number of aromatic nitrogens is 2. The van der Waals surface area contributed by atoms with Crippen LogP contribution in [0, 0.1) is 0 Å². The zero-order valence-electron chi connectivity index (χ0n) is 26.7. The van der Waals surface area contributed by atoms with Crippen molar-refractivity contribution in [2.24, 2.45) is 0 Å². The molecule has 0 spiro atoms. The van der Waals surface area contributed by atoms with Gasteiger partial charge in [-0.25, -0.2) is 0 Å². The Hall–Kier alpha value is -6.58. The summed E-state index contributed by atoms with van der Waals surface area (Å²) in [7, 11) is 0. The highest BCUT2D eigenvalue weighted by molar-refractivity contribution is 6.28. The second-order valence-electron chi connectivity index (χ2n) is 12.6. The van der Waals surface area contributed by atoms with Crippen LogP contribution in [0.15, 0.2) is 188 Å². The minimum absolute atomic E-state index is 1.11. The Morgan fingerprint density at radius 1 is 0.306 bits per heavy atom. The summed E-state index contributed by atoms with van der Waals surface area (Å²) in [5, 5.41) is 7.49. The molecule has 49 heavy (non-hydrogen) atoms. The predicted molar refractivity (Wildman–Crippen MR) is 207 cm³/mol.